The van der Waals surface area contributed by atoms with Crippen LogP contribution in [0.15, 0.2) is 16.8 Å². The zero-order valence-electron chi connectivity index (χ0n) is 9.13. The first-order chi connectivity index (χ1) is 7.81. The summed E-state index contributed by atoms with van der Waals surface area (Å²) in [5.41, 5.74) is 5.49. The second-order valence-corrected chi connectivity index (χ2v) is 3.80. The molecule has 6 heteroatoms. The number of nitrogens with zero attached hydrogens (tertiary/aromatic N) is 3. The quantitative estimate of drug-likeness (QED) is 0.741. The molecule has 0 aliphatic carbocycles. The molecule has 1 fully saturated rings. The van der Waals surface area contributed by atoms with Gasteiger partial charge < -0.3 is 15.2 Å². The first kappa shape index (κ1) is 11.1. The maximum Gasteiger partial charge on any atom is 0.292 e. The molecule has 6 nitrogen and oxygen atoms in total. The molecular formula is C10H16N4O2. The third-order valence-corrected chi connectivity index (χ3v) is 2.75. The Morgan fingerprint density at radius 3 is 2.75 bits per heavy atom. The minimum absolute atomic E-state index is 0.0788. The maximum atomic E-state index is 11.9. The Bertz CT molecular complexity index is 331. The minimum atomic E-state index is -0.0788. The van der Waals surface area contributed by atoms with Gasteiger partial charge >= 0.3 is 0 Å². The molecule has 0 saturated carbocycles. The molecule has 1 aliphatic heterocycles. The van der Waals surface area contributed by atoms with Crippen LogP contribution < -0.4 is 5.73 Å². The average molecular weight is 224 g/mol. The number of hydrogen-bond donors (Lipinski definition) is 1. The average Bonchev–Trinajstić information content (AvgIpc) is 2.83. The van der Waals surface area contributed by atoms with Crippen molar-refractivity contribution in [3.05, 3.63) is 18.0 Å². The van der Waals surface area contributed by atoms with Crippen molar-refractivity contribution < 1.29 is 9.32 Å². The molecule has 1 aromatic rings. The second-order valence-electron chi connectivity index (χ2n) is 3.80. The van der Waals surface area contributed by atoms with Crippen LogP contribution in [0.5, 0.6) is 0 Å². The van der Waals surface area contributed by atoms with Gasteiger partial charge in [-0.25, -0.2) is 0 Å². The van der Waals surface area contributed by atoms with E-state index in [0.717, 1.165) is 32.7 Å². The topological polar surface area (TPSA) is 75.6 Å². The number of piperazine rings is 1. The van der Waals surface area contributed by atoms with Gasteiger partial charge in [-0.1, -0.05) is 5.16 Å². The van der Waals surface area contributed by atoms with Crippen LogP contribution in [0.1, 0.15) is 10.6 Å². The lowest BCUT2D eigenvalue weighted by Crippen LogP contribution is -2.49. The van der Waals surface area contributed by atoms with Crippen LogP contribution in [0.3, 0.4) is 0 Å². The monoisotopic (exact) mass is 224 g/mol. The van der Waals surface area contributed by atoms with Gasteiger partial charge in [0.25, 0.3) is 5.91 Å². The smallest absolute Gasteiger partial charge is 0.292 e. The number of amides is 1. The molecule has 1 aliphatic rings. The Hall–Kier alpha value is -1.40. The fourth-order valence-electron chi connectivity index (χ4n) is 1.84. The van der Waals surface area contributed by atoms with Gasteiger partial charge in [0.2, 0.25) is 5.76 Å². The molecule has 0 aromatic carbocycles. The first-order valence-corrected chi connectivity index (χ1v) is 5.43. The molecule has 0 radical (unpaired) electrons. The molecule has 2 rings (SSSR count). The van der Waals surface area contributed by atoms with Gasteiger partial charge in [-0.15, -0.1) is 0 Å². The van der Waals surface area contributed by atoms with E-state index < -0.39 is 0 Å². The summed E-state index contributed by atoms with van der Waals surface area (Å²) < 4.78 is 4.85. The third-order valence-electron chi connectivity index (χ3n) is 2.75. The minimum Gasteiger partial charge on any atom is -0.351 e. The second kappa shape index (κ2) is 5.09. The number of aromatic nitrogens is 1. The first-order valence-electron chi connectivity index (χ1n) is 5.43. The van der Waals surface area contributed by atoms with E-state index in [1.807, 2.05) is 0 Å². The number of hydrogen-bond acceptors (Lipinski definition) is 5. The summed E-state index contributed by atoms with van der Waals surface area (Å²) in [5.74, 6) is 0.233. The number of carbonyl (C=O) groups excluding carboxylic acids is 1. The lowest BCUT2D eigenvalue weighted by molar-refractivity contribution is 0.0601. The van der Waals surface area contributed by atoms with Crippen molar-refractivity contribution in [3.8, 4) is 0 Å². The van der Waals surface area contributed by atoms with Crippen molar-refractivity contribution in [1.29, 1.82) is 0 Å². The molecule has 88 valence electrons. The predicted octanol–water partition coefficient (Wildman–Crippen LogP) is -0.609. The lowest BCUT2D eigenvalue weighted by Gasteiger charge is -2.33. The van der Waals surface area contributed by atoms with Gasteiger partial charge in [0.1, 0.15) is 0 Å². The van der Waals surface area contributed by atoms with E-state index >= 15 is 0 Å². The summed E-state index contributed by atoms with van der Waals surface area (Å²) in [6.07, 6.45) is 1.48. The summed E-state index contributed by atoms with van der Waals surface area (Å²) in [5, 5.41) is 3.53. The van der Waals surface area contributed by atoms with Crippen LogP contribution in [0.4, 0.5) is 0 Å². The molecule has 2 N–H and O–H groups in total. The largest absolute Gasteiger partial charge is 0.351 e. The normalized spacial score (nSPS) is 17.7. The Labute approximate surface area is 94.0 Å². The van der Waals surface area contributed by atoms with E-state index in [0.29, 0.717) is 12.3 Å². The maximum absolute atomic E-state index is 11.9. The fourth-order valence-corrected chi connectivity index (χ4v) is 1.84. The van der Waals surface area contributed by atoms with Crippen molar-refractivity contribution in [2.75, 3.05) is 39.3 Å². The molecule has 0 unspecified atom stereocenters. The van der Waals surface area contributed by atoms with Crippen molar-refractivity contribution in [3.63, 3.8) is 0 Å². The number of rotatable bonds is 3. The zero-order chi connectivity index (χ0) is 11.4. The van der Waals surface area contributed by atoms with Crippen molar-refractivity contribution >= 4 is 5.91 Å². The summed E-state index contributed by atoms with van der Waals surface area (Å²) in [4.78, 5) is 15.9. The van der Waals surface area contributed by atoms with Gasteiger partial charge in [-0.05, 0) is 0 Å². The highest BCUT2D eigenvalue weighted by atomic mass is 16.5. The molecule has 1 amide bonds. The standard InChI is InChI=1S/C10H16N4O2/c11-2-4-13-5-7-14(8-6-13)10(15)9-1-3-12-16-9/h1,3H,2,4-8,11H2. The Morgan fingerprint density at radius 1 is 1.44 bits per heavy atom. The van der Waals surface area contributed by atoms with Crippen LogP contribution in [0.2, 0.25) is 0 Å². The van der Waals surface area contributed by atoms with Gasteiger partial charge in [0, 0.05) is 45.3 Å². The molecule has 2 heterocycles. The van der Waals surface area contributed by atoms with E-state index in [1.54, 1.807) is 11.0 Å². The molecular weight excluding hydrogens is 208 g/mol. The van der Waals surface area contributed by atoms with E-state index in [2.05, 4.69) is 10.1 Å². The highest BCUT2D eigenvalue weighted by Crippen LogP contribution is 2.07. The van der Waals surface area contributed by atoms with Crippen molar-refractivity contribution in [2.45, 2.75) is 0 Å². The van der Waals surface area contributed by atoms with Gasteiger partial charge in [0.05, 0.1) is 6.20 Å². The summed E-state index contributed by atoms with van der Waals surface area (Å²) in [7, 11) is 0. The molecule has 0 spiro atoms. The molecule has 0 atom stereocenters. The van der Waals surface area contributed by atoms with Gasteiger partial charge in [0.15, 0.2) is 0 Å². The molecule has 1 saturated heterocycles. The van der Waals surface area contributed by atoms with Crippen molar-refractivity contribution in [1.82, 2.24) is 15.0 Å². The zero-order valence-corrected chi connectivity index (χ0v) is 9.13. The fraction of sp³-hybridized carbons (Fsp3) is 0.600. The Balaban J connectivity index is 1.87. The summed E-state index contributed by atoms with van der Waals surface area (Å²) in [6, 6.07) is 1.59. The van der Waals surface area contributed by atoms with Crippen molar-refractivity contribution in [2.24, 2.45) is 5.73 Å². The summed E-state index contributed by atoms with van der Waals surface area (Å²) in [6.45, 7) is 4.74. The molecule has 16 heavy (non-hydrogen) atoms. The Morgan fingerprint density at radius 2 is 2.19 bits per heavy atom. The number of nitrogens with two attached hydrogens (primary N) is 1. The SMILES string of the molecule is NCCN1CCN(C(=O)c2ccno2)CC1. The lowest BCUT2D eigenvalue weighted by atomic mass is 10.3. The van der Waals surface area contributed by atoms with Crippen LogP contribution in [0.25, 0.3) is 0 Å². The molecule has 1 aromatic heterocycles. The highest BCUT2D eigenvalue weighted by Gasteiger charge is 2.23. The van der Waals surface area contributed by atoms with Crippen LogP contribution >= 0.6 is 0 Å². The predicted molar refractivity (Wildman–Crippen MR) is 57.9 cm³/mol. The summed E-state index contributed by atoms with van der Waals surface area (Å²) >= 11 is 0. The van der Waals surface area contributed by atoms with E-state index in [9.17, 15) is 4.79 Å². The Kier molecular flexibility index (Phi) is 3.53. The van der Waals surface area contributed by atoms with E-state index in [1.165, 1.54) is 6.20 Å². The molecule has 0 bridgehead atoms. The van der Waals surface area contributed by atoms with E-state index in [4.69, 9.17) is 10.3 Å². The van der Waals surface area contributed by atoms with Crippen LogP contribution in [-0.2, 0) is 0 Å². The van der Waals surface area contributed by atoms with Crippen LogP contribution in [-0.4, -0.2) is 60.1 Å². The van der Waals surface area contributed by atoms with Gasteiger partial charge in [-0.3, -0.25) is 9.69 Å². The third kappa shape index (κ3) is 2.40. The van der Waals surface area contributed by atoms with E-state index in [-0.39, 0.29) is 5.91 Å². The van der Waals surface area contributed by atoms with Gasteiger partial charge in [-0.2, -0.15) is 0 Å². The number of carbonyl (C=O) groups is 1. The highest BCUT2D eigenvalue weighted by molar-refractivity contribution is 5.91. The van der Waals surface area contributed by atoms with Crippen LogP contribution in [0, 0.1) is 0 Å².